The number of halogens is 1. The number of fused-ring (bicyclic) bond motifs is 2. The van der Waals surface area contributed by atoms with Gasteiger partial charge in [-0.05, 0) is 55.3 Å². The Balaban J connectivity index is 0.00000168. The number of likely N-dealkylation sites (tertiary alicyclic amines) is 1. The average Bonchev–Trinajstić information content (AvgIpc) is 3.33. The number of hydrogen-bond donors (Lipinski definition) is 1. The first-order valence-corrected chi connectivity index (χ1v) is 9.74. The highest BCUT2D eigenvalue weighted by Crippen LogP contribution is 2.32. The minimum absolute atomic E-state index is 0. The van der Waals surface area contributed by atoms with Gasteiger partial charge in [0.25, 0.3) is 5.19 Å². The van der Waals surface area contributed by atoms with E-state index in [4.69, 9.17) is 4.74 Å². The maximum atomic E-state index is 5.94. The minimum Gasteiger partial charge on any atom is -0.431 e. The van der Waals surface area contributed by atoms with Gasteiger partial charge in [-0.1, -0.05) is 35.6 Å². The minimum atomic E-state index is 0. The molecule has 0 radical (unpaired) electrons. The molecule has 26 heavy (non-hydrogen) atoms. The summed E-state index contributed by atoms with van der Waals surface area (Å²) in [5.41, 5.74) is 2.34. The van der Waals surface area contributed by atoms with Gasteiger partial charge in [0.2, 0.25) is 0 Å². The average molecular weight is 388 g/mol. The zero-order valence-electron chi connectivity index (χ0n) is 14.4. The van der Waals surface area contributed by atoms with E-state index in [1.165, 1.54) is 25.1 Å². The van der Waals surface area contributed by atoms with Gasteiger partial charge in [-0.25, -0.2) is 4.98 Å². The summed E-state index contributed by atoms with van der Waals surface area (Å²) in [5, 5.41) is 4.22. The Morgan fingerprint density at radius 3 is 2.81 bits per heavy atom. The Hall–Kier alpha value is -1.66. The van der Waals surface area contributed by atoms with E-state index < -0.39 is 0 Å². The fraction of sp³-hybridized carbons (Fsp3) is 0.350. The van der Waals surface area contributed by atoms with Crippen LogP contribution in [0.1, 0.15) is 12.0 Å². The van der Waals surface area contributed by atoms with Gasteiger partial charge in [-0.2, -0.15) is 0 Å². The van der Waals surface area contributed by atoms with E-state index >= 15 is 0 Å². The lowest BCUT2D eigenvalue weighted by molar-refractivity contribution is 0.244. The van der Waals surface area contributed by atoms with Crippen LogP contribution in [0.5, 0.6) is 10.9 Å². The molecule has 2 fully saturated rings. The Bertz CT molecular complexity index is 849. The molecule has 0 aliphatic carbocycles. The Morgan fingerprint density at radius 2 is 1.96 bits per heavy atom. The summed E-state index contributed by atoms with van der Waals surface area (Å²) in [6.45, 7) is 4.59. The van der Waals surface area contributed by atoms with Gasteiger partial charge in [-0.3, -0.25) is 4.90 Å². The molecule has 2 saturated heterocycles. The van der Waals surface area contributed by atoms with Gasteiger partial charge in [0.1, 0.15) is 5.75 Å². The van der Waals surface area contributed by atoms with Crippen molar-refractivity contribution < 1.29 is 4.74 Å². The third kappa shape index (κ3) is 3.45. The van der Waals surface area contributed by atoms with Crippen LogP contribution < -0.4 is 10.1 Å². The van der Waals surface area contributed by atoms with E-state index in [9.17, 15) is 0 Å². The fourth-order valence-electron chi connectivity index (χ4n) is 4.03. The lowest BCUT2D eigenvalue weighted by Crippen LogP contribution is -2.33. The first kappa shape index (κ1) is 17.7. The summed E-state index contributed by atoms with van der Waals surface area (Å²) in [6, 6.07) is 17.3. The molecule has 0 bridgehead atoms. The second-order valence-corrected chi connectivity index (χ2v) is 7.93. The van der Waals surface area contributed by atoms with Crippen molar-refractivity contribution in [3.8, 4) is 10.9 Å². The van der Waals surface area contributed by atoms with E-state index in [0.717, 1.165) is 41.0 Å². The van der Waals surface area contributed by atoms with Gasteiger partial charge in [-0.15, -0.1) is 12.4 Å². The quantitative estimate of drug-likeness (QED) is 0.724. The second-order valence-electron chi connectivity index (χ2n) is 6.94. The summed E-state index contributed by atoms with van der Waals surface area (Å²) in [7, 11) is 0. The molecular weight excluding hydrogens is 366 g/mol. The molecule has 3 aromatic rings. The number of para-hydroxylation sites is 1. The van der Waals surface area contributed by atoms with Gasteiger partial charge in [0.15, 0.2) is 0 Å². The van der Waals surface area contributed by atoms with Crippen LogP contribution in [0.3, 0.4) is 0 Å². The zero-order chi connectivity index (χ0) is 16.6. The van der Waals surface area contributed by atoms with Crippen LogP contribution in [-0.4, -0.2) is 35.6 Å². The smallest absolute Gasteiger partial charge is 0.279 e. The molecule has 3 heterocycles. The summed E-state index contributed by atoms with van der Waals surface area (Å²) in [5.74, 6) is 1.70. The number of nitrogens with zero attached hydrogens (tertiary/aromatic N) is 2. The molecule has 4 nitrogen and oxygen atoms in total. The van der Waals surface area contributed by atoms with Crippen molar-refractivity contribution in [3.63, 3.8) is 0 Å². The molecule has 0 amide bonds. The monoisotopic (exact) mass is 387 g/mol. The Morgan fingerprint density at radius 1 is 1.12 bits per heavy atom. The molecule has 2 aliphatic heterocycles. The number of hydrogen-bond acceptors (Lipinski definition) is 5. The standard InChI is InChI=1S/C20H21N3OS.ClH/c1-2-4-19-17(3-1)22-20(25-19)24-16-7-5-14(6-8-16)13-23-10-9-15-11-21-12-18(15)23;/h1-8,15,18,21H,9-13H2;1H. The molecule has 0 spiro atoms. The number of ether oxygens (including phenoxy) is 1. The SMILES string of the molecule is Cl.c1ccc2sc(Oc3ccc(CN4CCC5CNCC54)cc3)nc2c1. The molecule has 2 atom stereocenters. The van der Waals surface area contributed by atoms with Crippen LogP contribution in [0, 0.1) is 5.92 Å². The second kappa shape index (κ2) is 7.53. The van der Waals surface area contributed by atoms with Crippen molar-refractivity contribution in [1.29, 1.82) is 0 Å². The third-order valence-corrected chi connectivity index (χ3v) is 6.26. The topological polar surface area (TPSA) is 37.4 Å². The molecule has 136 valence electrons. The lowest BCUT2D eigenvalue weighted by atomic mass is 10.0. The van der Waals surface area contributed by atoms with Gasteiger partial charge >= 0.3 is 0 Å². The zero-order valence-corrected chi connectivity index (χ0v) is 16.1. The van der Waals surface area contributed by atoms with Gasteiger partial charge in [0.05, 0.1) is 10.2 Å². The van der Waals surface area contributed by atoms with Gasteiger partial charge in [0, 0.05) is 19.1 Å². The van der Waals surface area contributed by atoms with Crippen LogP contribution in [0.25, 0.3) is 10.2 Å². The Kier molecular flexibility index (Phi) is 5.14. The van der Waals surface area contributed by atoms with Crippen molar-refractivity contribution in [2.75, 3.05) is 19.6 Å². The van der Waals surface area contributed by atoms with E-state index in [1.807, 2.05) is 18.2 Å². The molecule has 1 aromatic heterocycles. The van der Waals surface area contributed by atoms with Crippen molar-refractivity contribution in [2.45, 2.75) is 19.0 Å². The number of aromatic nitrogens is 1. The highest BCUT2D eigenvalue weighted by molar-refractivity contribution is 7.20. The predicted octanol–water partition coefficient (Wildman–Crippen LogP) is 4.30. The van der Waals surface area contributed by atoms with Crippen molar-refractivity contribution in [3.05, 3.63) is 54.1 Å². The molecule has 6 heteroatoms. The largest absolute Gasteiger partial charge is 0.431 e. The van der Waals surface area contributed by atoms with Crippen LogP contribution in [0.15, 0.2) is 48.5 Å². The van der Waals surface area contributed by atoms with Crippen LogP contribution in [0.2, 0.25) is 0 Å². The number of thiazole rings is 1. The van der Waals surface area contributed by atoms with Gasteiger partial charge < -0.3 is 10.1 Å². The lowest BCUT2D eigenvalue weighted by Gasteiger charge is -2.23. The molecule has 2 aliphatic rings. The van der Waals surface area contributed by atoms with Crippen LogP contribution in [0.4, 0.5) is 0 Å². The molecule has 1 N–H and O–H groups in total. The highest BCUT2D eigenvalue weighted by atomic mass is 35.5. The first-order valence-electron chi connectivity index (χ1n) is 8.92. The van der Waals surface area contributed by atoms with E-state index in [2.05, 4.69) is 45.5 Å². The van der Waals surface area contributed by atoms with Crippen molar-refractivity contribution in [1.82, 2.24) is 15.2 Å². The summed E-state index contributed by atoms with van der Waals surface area (Å²) >= 11 is 1.58. The van der Waals surface area contributed by atoms with E-state index in [1.54, 1.807) is 11.3 Å². The van der Waals surface area contributed by atoms with Crippen molar-refractivity contribution >= 4 is 34.0 Å². The van der Waals surface area contributed by atoms with Crippen LogP contribution in [-0.2, 0) is 6.54 Å². The summed E-state index contributed by atoms with van der Waals surface area (Å²) < 4.78 is 7.10. The number of rotatable bonds is 4. The molecule has 2 unspecified atom stereocenters. The summed E-state index contributed by atoms with van der Waals surface area (Å²) in [4.78, 5) is 7.15. The molecule has 0 saturated carbocycles. The molecule has 2 aromatic carbocycles. The van der Waals surface area contributed by atoms with E-state index in [-0.39, 0.29) is 12.4 Å². The predicted molar refractivity (Wildman–Crippen MR) is 109 cm³/mol. The molecular formula is C20H22ClN3OS. The maximum absolute atomic E-state index is 5.94. The third-order valence-electron chi connectivity index (χ3n) is 5.35. The highest BCUT2D eigenvalue weighted by Gasteiger charge is 2.37. The number of benzene rings is 2. The fourth-order valence-corrected chi connectivity index (χ4v) is 4.86. The van der Waals surface area contributed by atoms with E-state index in [0.29, 0.717) is 5.19 Å². The first-order chi connectivity index (χ1) is 12.3. The Labute approximate surface area is 163 Å². The maximum Gasteiger partial charge on any atom is 0.279 e. The normalized spacial score (nSPS) is 22.3. The summed E-state index contributed by atoms with van der Waals surface area (Å²) in [6.07, 6.45) is 1.33. The molecule has 5 rings (SSSR count). The van der Waals surface area contributed by atoms with Crippen molar-refractivity contribution in [2.24, 2.45) is 5.92 Å². The van der Waals surface area contributed by atoms with Crippen LogP contribution >= 0.6 is 23.7 Å². The number of nitrogens with one attached hydrogen (secondary N) is 1.